The van der Waals surface area contributed by atoms with E-state index in [1.807, 2.05) is 54.1 Å². The number of hydrogen-bond acceptors (Lipinski definition) is 4. The van der Waals surface area contributed by atoms with E-state index in [4.69, 9.17) is 10.5 Å². The van der Waals surface area contributed by atoms with Crippen LogP contribution < -0.4 is 15.9 Å². The molecule has 8 nitrogen and oxygen atoms in total. The molecule has 0 aliphatic rings. The molecule has 0 atom stereocenters. The van der Waals surface area contributed by atoms with Crippen LogP contribution in [0, 0.1) is 4.91 Å². The predicted molar refractivity (Wildman–Crippen MR) is 167 cm³/mol. The Morgan fingerprint density at radius 1 is 0.568 bits per heavy atom. The summed E-state index contributed by atoms with van der Waals surface area (Å²) in [7, 11) is -2.07. The standard InChI is InChI=1S/C18H15P.C9H9BN6.BF4.ClH.NO.Ru/c1-4-10-16(11-5-1)19(17-12-6-2-7-13-17)18-14-8-3-9-15-18;1-4-11-14(7-1)10(15-8-2-5-12-15)16-9-3-6-13-16;2-1(3,4)5;;1-2;/h1-15H;1-9H;;1H;;/q;2*-1;;-1;+4/p-1. The van der Waals surface area contributed by atoms with Crippen LogP contribution in [0.25, 0.3) is 5.59 Å². The van der Waals surface area contributed by atoms with Crippen molar-refractivity contribution in [3.05, 3.63) is 157 Å². The zero-order chi connectivity index (χ0) is 32.2. The van der Waals surface area contributed by atoms with Crippen LogP contribution in [0.4, 0.5) is 17.3 Å². The van der Waals surface area contributed by atoms with Gasteiger partial charge in [-0.15, -0.1) is 0 Å². The predicted octanol–water partition coefficient (Wildman–Crippen LogP) is 5.96. The van der Waals surface area contributed by atoms with Crippen LogP contribution in [0.5, 0.6) is 0 Å². The molecule has 3 heterocycles. The molecule has 0 aliphatic heterocycles. The van der Waals surface area contributed by atoms with Gasteiger partial charge < -0.3 is 41.5 Å². The molecule has 0 saturated heterocycles. The van der Waals surface area contributed by atoms with Gasteiger partial charge in [-0.25, -0.2) is 15.3 Å². The molecule has 3 aromatic heterocycles. The summed E-state index contributed by atoms with van der Waals surface area (Å²) >= 11 is 1.82. The minimum atomic E-state index is -6.00. The maximum Gasteiger partial charge on any atom is 0.260 e. The first-order chi connectivity index (χ1) is 21.4. The Balaban J connectivity index is 0.000000245. The van der Waals surface area contributed by atoms with Crippen molar-refractivity contribution >= 4 is 47.9 Å². The molecule has 0 saturated carbocycles. The first-order valence-corrected chi connectivity index (χ1v) is 16.1. The molecule has 0 fully saturated rings. The number of nitrogens with zero attached hydrogens (tertiary/aromatic N) is 7. The van der Waals surface area contributed by atoms with Gasteiger partial charge in [0.15, 0.2) is 0 Å². The third-order valence-electron chi connectivity index (χ3n) is 5.33. The minimum Gasteiger partial charge on any atom is -0.577 e. The number of halogens is 5. The summed E-state index contributed by atoms with van der Waals surface area (Å²) in [5.41, 5.74) is 5.75. The average Bonchev–Trinajstić information content (AvgIpc) is 3.87. The summed E-state index contributed by atoms with van der Waals surface area (Å²) in [6, 6.07) is 38.0. The first kappa shape index (κ1) is 36.3. The molecule has 0 amide bonds. The van der Waals surface area contributed by atoms with Crippen LogP contribution in [-0.2, 0) is 17.3 Å². The fourth-order valence-electron chi connectivity index (χ4n) is 3.79. The van der Waals surface area contributed by atoms with Gasteiger partial charge in [-0.2, -0.15) is 0 Å². The summed E-state index contributed by atoms with van der Waals surface area (Å²) in [5.74, 6) is 0. The van der Waals surface area contributed by atoms with Gasteiger partial charge in [-0.1, -0.05) is 91.0 Å². The topological polar surface area (TPSA) is 92.8 Å². The van der Waals surface area contributed by atoms with E-state index in [0.717, 1.165) is 0 Å². The number of benzene rings is 3. The second-order valence-electron chi connectivity index (χ2n) is 8.14. The van der Waals surface area contributed by atoms with Gasteiger partial charge in [0.1, 0.15) is 0 Å². The quantitative estimate of drug-likeness (QED) is 0.120. The number of nitroso groups, excluding NO2 is 1. The maximum atomic E-state index is 9.75. The SMILES string of the molecule is F[B-](F)(F)F.[Cl][Ru+3].[N-]=O.c1ccc(P(c2ccccc2)c2ccccc2)cc1.c1cnn([B-](n2cccn2)n2cccn2)c1. The Labute approximate surface area is 267 Å². The van der Waals surface area contributed by atoms with Crippen LogP contribution in [0.15, 0.2) is 146 Å². The second kappa shape index (κ2) is 20.1. The smallest absolute Gasteiger partial charge is 0.260 e. The van der Waals surface area contributed by atoms with Crippen molar-refractivity contribution in [2.24, 2.45) is 0 Å². The van der Waals surface area contributed by atoms with E-state index < -0.39 is 15.2 Å². The van der Waals surface area contributed by atoms with E-state index >= 15 is 0 Å². The molecule has 17 heteroatoms. The van der Waals surface area contributed by atoms with Gasteiger partial charge in [-0.05, 0) is 60.6 Å². The van der Waals surface area contributed by atoms with Gasteiger partial charge in [0.2, 0.25) is 0 Å². The summed E-state index contributed by atoms with van der Waals surface area (Å²) < 4.78 is 44.4. The van der Waals surface area contributed by atoms with Gasteiger partial charge in [0.25, 0.3) is 7.12 Å². The Hall–Kier alpha value is -3.92. The van der Waals surface area contributed by atoms with Crippen molar-refractivity contribution in [1.82, 2.24) is 29.1 Å². The van der Waals surface area contributed by atoms with Crippen LogP contribution in [0.1, 0.15) is 0 Å². The monoisotopic (exact) mass is 728 g/mol. The maximum absolute atomic E-state index is 9.75. The van der Waals surface area contributed by atoms with Gasteiger partial charge in [0, 0.05) is 18.6 Å². The van der Waals surface area contributed by atoms with Crippen LogP contribution in [-0.4, -0.2) is 43.4 Å². The molecule has 0 unspecified atom stereocenters. The largest absolute Gasteiger partial charge is 0.577 e. The Morgan fingerprint density at radius 2 is 0.818 bits per heavy atom. The van der Waals surface area contributed by atoms with Crippen molar-refractivity contribution in [2.45, 2.75) is 0 Å². The third kappa shape index (κ3) is 12.4. The van der Waals surface area contributed by atoms with E-state index in [2.05, 4.69) is 116 Å². The Kier molecular flexibility index (Phi) is 16.6. The Bertz CT molecular complexity index is 1350. The van der Waals surface area contributed by atoms with E-state index in [1.165, 1.54) is 15.9 Å². The molecular formula is C27H24B2ClF4N7OPRu. The Morgan fingerprint density at radius 3 is 1.02 bits per heavy atom. The number of aromatic nitrogens is 6. The van der Waals surface area contributed by atoms with Crippen LogP contribution in [0.3, 0.4) is 0 Å². The molecule has 0 N–H and O–H groups in total. The molecule has 6 aromatic rings. The van der Waals surface area contributed by atoms with Gasteiger partial charge in [0.05, 0.1) is 0 Å². The van der Waals surface area contributed by atoms with Crippen molar-refractivity contribution in [3.63, 3.8) is 0 Å². The van der Waals surface area contributed by atoms with Gasteiger partial charge in [-0.3, -0.25) is 0 Å². The minimum absolute atomic E-state index is 0.194. The normalized spacial score (nSPS) is 10.2. The van der Waals surface area contributed by atoms with E-state index in [0.29, 0.717) is 0 Å². The molecule has 3 aromatic carbocycles. The van der Waals surface area contributed by atoms with E-state index in [9.17, 15) is 17.3 Å². The van der Waals surface area contributed by atoms with E-state index in [-0.39, 0.29) is 7.12 Å². The molecule has 44 heavy (non-hydrogen) atoms. The van der Waals surface area contributed by atoms with Gasteiger partial charge >= 0.3 is 34.3 Å². The number of hydrogen-bond donors (Lipinski definition) is 0. The summed E-state index contributed by atoms with van der Waals surface area (Å²) in [6.07, 6.45) is 10.9. The van der Waals surface area contributed by atoms with Crippen molar-refractivity contribution < 1.29 is 34.6 Å². The molecule has 6 rings (SSSR count). The molecule has 0 bridgehead atoms. The molecular weight excluding hydrogens is 703 g/mol. The molecule has 0 aliphatic carbocycles. The van der Waals surface area contributed by atoms with Crippen molar-refractivity contribution in [1.29, 1.82) is 0 Å². The molecule has 1 radical (unpaired) electrons. The molecule has 0 spiro atoms. The van der Waals surface area contributed by atoms with Crippen LogP contribution in [0.2, 0.25) is 0 Å². The number of rotatable bonds is 6. The van der Waals surface area contributed by atoms with Crippen LogP contribution >= 0.6 is 17.6 Å². The van der Waals surface area contributed by atoms with E-state index in [1.54, 1.807) is 32.4 Å². The summed E-state index contributed by atoms with van der Waals surface area (Å²) in [5, 5.41) is 16.9. The molecule has 227 valence electrons. The fraction of sp³-hybridized carbons (Fsp3) is 0. The third-order valence-corrected chi connectivity index (χ3v) is 7.77. The fourth-order valence-corrected chi connectivity index (χ4v) is 6.10. The average molecular weight is 728 g/mol. The van der Waals surface area contributed by atoms with Crippen molar-refractivity contribution in [2.75, 3.05) is 0 Å². The first-order valence-electron chi connectivity index (χ1n) is 12.5. The van der Waals surface area contributed by atoms with Crippen molar-refractivity contribution in [3.8, 4) is 0 Å². The summed E-state index contributed by atoms with van der Waals surface area (Å²) in [4.78, 5) is 7.25. The zero-order valence-corrected chi connectivity index (χ0v) is 26.1. The zero-order valence-electron chi connectivity index (χ0n) is 22.7. The second-order valence-corrected chi connectivity index (χ2v) is 10.4. The summed E-state index contributed by atoms with van der Waals surface area (Å²) in [6.45, 7) is 0.